The lowest BCUT2D eigenvalue weighted by Gasteiger charge is -2.26. The summed E-state index contributed by atoms with van der Waals surface area (Å²) in [5.41, 5.74) is 8.30. The fourth-order valence-corrected chi connectivity index (χ4v) is 4.67. The number of thioether (sulfide) groups is 1. The standard InChI is InChI=1S/C19H20N4OS2/c1-11-5-6-12(17-15(11)22-26-23-17)9-19(2,3)14-8-7-13(10-25-4)16-18(14)21-24-20-16/h5-8H,9-10H2,1-4H3. The fraction of sp³-hybridized carbons (Fsp3) is 0.368. The molecule has 0 aliphatic carbocycles. The zero-order valence-corrected chi connectivity index (χ0v) is 16.9. The van der Waals surface area contributed by atoms with Crippen molar-refractivity contribution < 1.29 is 4.63 Å². The van der Waals surface area contributed by atoms with Crippen molar-refractivity contribution in [3.63, 3.8) is 0 Å². The van der Waals surface area contributed by atoms with Gasteiger partial charge in [-0.2, -0.15) is 20.5 Å². The van der Waals surface area contributed by atoms with Gasteiger partial charge in [0.25, 0.3) is 0 Å². The summed E-state index contributed by atoms with van der Waals surface area (Å²) in [6.45, 7) is 6.54. The number of aromatic nitrogens is 4. The highest BCUT2D eigenvalue weighted by Crippen LogP contribution is 2.35. The number of hydrogen-bond donors (Lipinski definition) is 0. The van der Waals surface area contributed by atoms with E-state index in [-0.39, 0.29) is 5.41 Å². The van der Waals surface area contributed by atoms with Gasteiger partial charge in [-0.05, 0) is 57.6 Å². The van der Waals surface area contributed by atoms with Gasteiger partial charge >= 0.3 is 0 Å². The highest BCUT2D eigenvalue weighted by atomic mass is 32.2. The van der Waals surface area contributed by atoms with Crippen LogP contribution in [0.5, 0.6) is 0 Å². The molecule has 4 aromatic rings. The van der Waals surface area contributed by atoms with E-state index in [1.54, 1.807) is 11.8 Å². The molecule has 0 aliphatic heterocycles. The van der Waals surface area contributed by atoms with Crippen LogP contribution in [0.1, 0.15) is 36.1 Å². The summed E-state index contributed by atoms with van der Waals surface area (Å²) in [6, 6.07) is 8.61. The van der Waals surface area contributed by atoms with Crippen LogP contribution in [0.3, 0.4) is 0 Å². The third-order valence-corrected chi connectivity index (χ3v) is 5.99. The Hall–Kier alpha value is -1.99. The van der Waals surface area contributed by atoms with Crippen molar-refractivity contribution in [1.29, 1.82) is 0 Å². The minimum atomic E-state index is -0.138. The van der Waals surface area contributed by atoms with E-state index >= 15 is 0 Å². The molecule has 134 valence electrons. The SMILES string of the molecule is CSCc1ccc(C(C)(C)Cc2ccc(C)c3nsnc23)c2nonc12. The average molecular weight is 385 g/mol. The molecule has 0 fully saturated rings. The Kier molecular flexibility index (Phi) is 4.44. The van der Waals surface area contributed by atoms with Gasteiger partial charge < -0.3 is 0 Å². The maximum Gasteiger partial charge on any atom is 0.139 e. The Labute approximate surface area is 160 Å². The number of rotatable bonds is 5. The topological polar surface area (TPSA) is 64.7 Å². The van der Waals surface area contributed by atoms with Gasteiger partial charge in [0.2, 0.25) is 0 Å². The van der Waals surface area contributed by atoms with E-state index in [1.807, 2.05) is 0 Å². The Morgan fingerprint density at radius 2 is 1.69 bits per heavy atom. The van der Waals surface area contributed by atoms with Gasteiger partial charge in [0.1, 0.15) is 22.1 Å². The van der Waals surface area contributed by atoms with Gasteiger partial charge in [-0.3, -0.25) is 0 Å². The van der Waals surface area contributed by atoms with Crippen molar-refractivity contribution in [2.24, 2.45) is 0 Å². The molecule has 0 bridgehead atoms. The minimum absolute atomic E-state index is 0.138. The number of benzene rings is 2. The number of fused-ring (bicyclic) bond motifs is 2. The largest absolute Gasteiger partial charge is 0.243 e. The smallest absolute Gasteiger partial charge is 0.139 e. The van der Waals surface area contributed by atoms with Gasteiger partial charge in [-0.1, -0.05) is 38.1 Å². The van der Waals surface area contributed by atoms with Crippen molar-refractivity contribution in [3.05, 3.63) is 46.5 Å². The van der Waals surface area contributed by atoms with Crippen LogP contribution in [-0.4, -0.2) is 25.3 Å². The second-order valence-electron chi connectivity index (χ2n) is 7.23. The van der Waals surface area contributed by atoms with Crippen LogP contribution in [0, 0.1) is 6.92 Å². The first-order chi connectivity index (χ1) is 12.5. The van der Waals surface area contributed by atoms with Gasteiger partial charge in [0.05, 0.1) is 11.7 Å². The Morgan fingerprint density at radius 1 is 0.962 bits per heavy atom. The summed E-state index contributed by atoms with van der Waals surface area (Å²) < 4.78 is 14.1. The summed E-state index contributed by atoms with van der Waals surface area (Å²) in [7, 11) is 0. The molecular formula is C19H20N4OS2. The first kappa shape index (κ1) is 17.4. The molecule has 2 aromatic carbocycles. The van der Waals surface area contributed by atoms with E-state index in [0.717, 1.165) is 45.4 Å². The number of hydrogen-bond acceptors (Lipinski definition) is 7. The molecule has 0 atom stereocenters. The molecule has 0 unspecified atom stereocenters. The lowest BCUT2D eigenvalue weighted by Crippen LogP contribution is -2.21. The molecule has 0 N–H and O–H groups in total. The second kappa shape index (κ2) is 6.63. The molecule has 0 saturated heterocycles. The molecule has 5 nitrogen and oxygen atoms in total. The van der Waals surface area contributed by atoms with Crippen molar-refractivity contribution in [3.8, 4) is 0 Å². The summed E-state index contributed by atoms with van der Waals surface area (Å²) >= 11 is 3.04. The van der Waals surface area contributed by atoms with E-state index in [1.165, 1.54) is 22.9 Å². The van der Waals surface area contributed by atoms with Crippen molar-refractivity contribution in [2.75, 3.05) is 6.26 Å². The Balaban J connectivity index is 1.78. The maximum atomic E-state index is 5.08. The van der Waals surface area contributed by atoms with E-state index in [4.69, 9.17) is 4.63 Å². The zero-order chi connectivity index (χ0) is 18.3. The number of aryl methyl sites for hydroxylation is 1. The van der Waals surface area contributed by atoms with Crippen molar-refractivity contribution in [2.45, 2.75) is 38.4 Å². The summed E-state index contributed by atoms with van der Waals surface area (Å²) in [4.78, 5) is 0. The third-order valence-electron chi connectivity index (χ3n) is 4.86. The van der Waals surface area contributed by atoms with Crippen LogP contribution in [-0.2, 0) is 17.6 Å². The van der Waals surface area contributed by atoms with Crippen LogP contribution in [0.25, 0.3) is 22.1 Å². The first-order valence-corrected chi connectivity index (χ1v) is 10.6. The van der Waals surface area contributed by atoms with Crippen molar-refractivity contribution >= 4 is 45.6 Å². The molecule has 0 amide bonds. The molecule has 0 saturated carbocycles. The fourth-order valence-electron chi connectivity index (χ4n) is 3.49. The molecule has 7 heteroatoms. The molecule has 0 spiro atoms. The first-order valence-electron chi connectivity index (χ1n) is 8.45. The molecule has 2 aromatic heterocycles. The normalized spacial score (nSPS) is 12.3. The summed E-state index contributed by atoms with van der Waals surface area (Å²) in [5, 5.41) is 8.37. The van der Waals surface area contributed by atoms with Crippen LogP contribution >= 0.6 is 23.5 Å². The molecule has 2 heterocycles. The van der Waals surface area contributed by atoms with E-state index in [2.05, 4.69) is 70.4 Å². The molecule has 0 radical (unpaired) electrons. The van der Waals surface area contributed by atoms with Crippen LogP contribution < -0.4 is 0 Å². The van der Waals surface area contributed by atoms with Gasteiger partial charge in [0.15, 0.2) is 0 Å². The molecule has 0 aliphatic rings. The van der Waals surface area contributed by atoms with E-state index < -0.39 is 0 Å². The minimum Gasteiger partial charge on any atom is -0.243 e. The quantitative estimate of drug-likeness (QED) is 0.487. The summed E-state index contributed by atoms with van der Waals surface area (Å²) in [6.07, 6.45) is 2.93. The Bertz CT molecular complexity index is 1080. The van der Waals surface area contributed by atoms with E-state index in [9.17, 15) is 0 Å². The zero-order valence-electron chi connectivity index (χ0n) is 15.2. The van der Waals surface area contributed by atoms with E-state index in [0.29, 0.717) is 0 Å². The van der Waals surface area contributed by atoms with Gasteiger partial charge in [0, 0.05) is 5.75 Å². The van der Waals surface area contributed by atoms with Crippen molar-refractivity contribution in [1.82, 2.24) is 19.1 Å². The summed E-state index contributed by atoms with van der Waals surface area (Å²) in [5.74, 6) is 0.897. The highest BCUT2D eigenvalue weighted by molar-refractivity contribution is 7.97. The third kappa shape index (κ3) is 2.89. The average Bonchev–Trinajstić information content (AvgIpc) is 3.27. The number of nitrogens with zero attached hydrogens (tertiary/aromatic N) is 4. The highest BCUT2D eigenvalue weighted by Gasteiger charge is 2.27. The lowest BCUT2D eigenvalue weighted by molar-refractivity contribution is 0.314. The monoisotopic (exact) mass is 384 g/mol. The molecule has 4 rings (SSSR count). The predicted molar refractivity (Wildman–Crippen MR) is 108 cm³/mol. The van der Waals surface area contributed by atoms with Gasteiger partial charge in [-0.25, -0.2) is 4.63 Å². The predicted octanol–water partition coefficient (Wildman–Crippen LogP) is 4.92. The van der Waals surface area contributed by atoms with Gasteiger partial charge in [-0.15, -0.1) is 0 Å². The maximum absolute atomic E-state index is 5.08. The Morgan fingerprint density at radius 3 is 2.50 bits per heavy atom. The molecular weight excluding hydrogens is 364 g/mol. The lowest BCUT2D eigenvalue weighted by atomic mass is 9.78. The second-order valence-corrected chi connectivity index (χ2v) is 8.62. The molecule has 26 heavy (non-hydrogen) atoms. The van der Waals surface area contributed by atoms with Crippen LogP contribution in [0.2, 0.25) is 0 Å². The van der Waals surface area contributed by atoms with Crippen LogP contribution in [0.4, 0.5) is 0 Å². The van der Waals surface area contributed by atoms with Crippen LogP contribution in [0.15, 0.2) is 28.9 Å².